The highest BCUT2D eigenvalue weighted by molar-refractivity contribution is 6.70. The number of carbonyl (C=O) groups is 1. The molecule has 1 aromatic carbocycles. The van der Waals surface area contributed by atoms with Crippen molar-refractivity contribution < 1.29 is 14.0 Å². The zero-order valence-corrected chi connectivity index (χ0v) is 18.2. The fraction of sp³-hybridized carbons (Fsp3) is 0.571. The maximum absolute atomic E-state index is 12.0. The number of unbranched alkanes of at least 4 members (excludes halogenated alkanes) is 2. The van der Waals surface area contributed by atoms with Crippen LogP contribution in [0.4, 0.5) is 0 Å². The van der Waals surface area contributed by atoms with Gasteiger partial charge in [0.1, 0.15) is 5.75 Å². The van der Waals surface area contributed by atoms with E-state index in [4.69, 9.17) is 9.16 Å². The molecule has 0 unspecified atom stereocenters. The van der Waals surface area contributed by atoms with Gasteiger partial charge < -0.3 is 14.5 Å². The summed E-state index contributed by atoms with van der Waals surface area (Å²) in [7, 11) is -0.0438. The van der Waals surface area contributed by atoms with Crippen LogP contribution in [0.25, 0.3) is 0 Å². The average Bonchev–Trinajstić information content (AvgIpc) is 2.55. The van der Waals surface area contributed by atoms with Crippen LogP contribution in [-0.2, 0) is 11.3 Å². The van der Waals surface area contributed by atoms with Gasteiger partial charge in [0.25, 0.3) is 0 Å². The molecule has 1 rings (SSSR count). The molecule has 0 aliphatic carbocycles. The van der Waals surface area contributed by atoms with Crippen molar-refractivity contribution in [2.75, 3.05) is 7.11 Å². The quantitative estimate of drug-likeness (QED) is 0.323. The molecular formula is C21H35NO3Si. The third-order valence-corrected chi connectivity index (χ3v) is 4.51. The summed E-state index contributed by atoms with van der Waals surface area (Å²) in [5.74, 6) is 2.18. The van der Waals surface area contributed by atoms with Gasteiger partial charge in [-0.2, -0.15) is 0 Å². The van der Waals surface area contributed by atoms with Crippen molar-refractivity contribution in [3.63, 3.8) is 0 Å². The molecule has 0 fully saturated rings. The van der Waals surface area contributed by atoms with E-state index in [1.54, 1.807) is 7.11 Å². The minimum atomic E-state index is -1.69. The lowest BCUT2D eigenvalue weighted by Gasteiger charge is -2.21. The Labute approximate surface area is 160 Å². The summed E-state index contributed by atoms with van der Waals surface area (Å²) in [5, 5.41) is 2.98. The Bertz CT molecular complexity index is 591. The first-order valence-electron chi connectivity index (χ1n) is 9.50. The number of rotatable bonds is 11. The van der Waals surface area contributed by atoms with Gasteiger partial charge in [-0.25, -0.2) is 0 Å². The Hall–Kier alpha value is -1.75. The maximum Gasteiger partial charge on any atom is 0.242 e. The van der Waals surface area contributed by atoms with Gasteiger partial charge in [-0.1, -0.05) is 32.1 Å². The highest BCUT2D eigenvalue weighted by atomic mass is 28.4. The van der Waals surface area contributed by atoms with Crippen LogP contribution >= 0.6 is 0 Å². The Kier molecular flexibility index (Phi) is 9.48. The van der Waals surface area contributed by atoms with Crippen LogP contribution in [0.2, 0.25) is 19.6 Å². The number of allylic oxidation sites excluding steroid dienone is 2. The molecule has 0 saturated heterocycles. The number of ether oxygens (including phenoxy) is 1. The van der Waals surface area contributed by atoms with Crippen molar-refractivity contribution in [1.29, 1.82) is 0 Å². The maximum atomic E-state index is 12.0. The number of benzene rings is 1. The molecular weight excluding hydrogens is 342 g/mol. The summed E-state index contributed by atoms with van der Waals surface area (Å²) in [4.78, 5) is 12.0. The Morgan fingerprint density at radius 2 is 1.92 bits per heavy atom. The van der Waals surface area contributed by atoms with E-state index in [1.807, 2.05) is 18.2 Å². The van der Waals surface area contributed by atoms with E-state index in [0.29, 0.717) is 18.9 Å². The van der Waals surface area contributed by atoms with Gasteiger partial charge in [0, 0.05) is 13.0 Å². The van der Waals surface area contributed by atoms with Crippen molar-refractivity contribution in [1.82, 2.24) is 5.32 Å². The van der Waals surface area contributed by atoms with Gasteiger partial charge in [-0.15, -0.1) is 0 Å². The van der Waals surface area contributed by atoms with Crippen molar-refractivity contribution in [2.45, 2.75) is 65.7 Å². The fourth-order valence-corrected chi connectivity index (χ4v) is 3.27. The zero-order valence-electron chi connectivity index (χ0n) is 17.2. The first kappa shape index (κ1) is 22.3. The second-order valence-electron chi connectivity index (χ2n) is 7.89. The van der Waals surface area contributed by atoms with E-state index < -0.39 is 8.32 Å². The minimum absolute atomic E-state index is 0.0965. The van der Waals surface area contributed by atoms with E-state index >= 15 is 0 Å². The van der Waals surface area contributed by atoms with Crippen molar-refractivity contribution in [3.05, 3.63) is 35.9 Å². The van der Waals surface area contributed by atoms with Crippen LogP contribution in [-0.4, -0.2) is 21.3 Å². The first-order chi connectivity index (χ1) is 12.2. The lowest BCUT2D eigenvalue weighted by atomic mass is 10.1. The summed E-state index contributed by atoms with van der Waals surface area (Å²) >= 11 is 0. The van der Waals surface area contributed by atoms with Gasteiger partial charge >= 0.3 is 0 Å². The molecule has 1 amide bonds. The Morgan fingerprint density at radius 3 is 2.54 bits per heavy atom. The van der Waals surface area contributed by atoms with Gasteiger partial charge in [-0.05, 0) is 62.5 Å². The smallest absolute Gasteiger partial charge is 0.242 e. The van der Waals surface area contributed by atoms with Crippen LogP contribution in [0.1, 0.15) is 45.1 Å². The fourth-order valence-electron chi connectivity index (χ4n) is 2.44. The molecule has 1 aromatic rings. The molecule has 0 aliphatic heterocycles. The van der Waals surface area contributed by atoms with Gasteiger partial charge in [0.15, 0.2) is 5.75 Å². The predicted octanol–water partition coefficient (Wildman–Crippen LogP) is 5.30. The van der Waals surface area contributed by atoms with E-state index in [-0.39, 0.29) is 5.91 Å². The second kappa shape index (κ2) is 11.1. The van der Waals surface area contributed by atoms with Crippen LogP contribution in [0, 0.1) is 5.92 Å². The Balaban J connectivity index is 2.41. The van der Waals surface area contributed by atoms with Crippen LogP contribution in [0.15, 0.2) is 30.4 Å². The number of carbonyl (C=O) groups excluding carboxylic acids is 1. The molecule has 0 spiro atoms. The summed E-state index contributed by atoms with van der Waals surface area (Å²) in [6.45, 7) is 11.3. The standard InChI is InChI=1S/C21H35NO3Si/c1-17(2)11-9-7-8-10-12-21(23)22-16-18-13-14-19(20(15-18)24-3)25-26(4,5)6/h9,11,13-15,17H,7-8,10,12,16H2,1-6H3,(H,22,23)/b11-9+. The molecule has 0 bridgehead atoms. The van der Waals surface area contributed by atoms with Crippen LogP contribution in [0.5, 0.6) is 11.5 Å². The summed E-state index contributed by atoms with van der Waals surface area (Å²) < 4.78 is 11.5. The van der Waals surface area contributed by atoms with E-state index in [1.165, 1.54) is 0 Å². The third-order valence-electron chi connectivity index (χ3n) is 3.68. The molecule has 0 heterocycles. The summed E-state index contributed by atoms with van der Waals surface area (Å²) in [6, 6.07) is 5.85. The number of nitrogens with one attached hydrogen (secondary N) is 1. The van der Waals surface area contributed by atoms with Gasteiger partial charge in [0.05, 0.1) is 7.11 Å². The normalized spacial score (nSPS) is 11.8. The van der Waals surface area contributed by atoms with Crippen molar-refractivity contribution >= 4 is 14.2 Å². The number of amides is 1. The zero-order chi connectivity index (χ0) is 19.6. The second-order valence-corrected chi connectivity index (χ2v) is 12.3. The van der Waals surface area contributed by atoms with Crippen LogP contribution < -0.4 is 14.5 Å². The molecule has 0 aliphatic rings. The molecule has 0 saturated carbocycles. The van der Waals surface area contributed by atoms with E-state index in [9.17, 15) is 4.79 Å². The minimum Gasteiger partial charge on any atom is -0.542 e. The molecule has 0 radical (unpaired) electrons. The molecule has 4 nitrogen and oxygen atoms in total. The van der Waals surface area contributed by atoms with Gasteiger partial charge in [-0.3, -0.25) is 4.79 Å². The third kappa shape index (κ3) is 9.66. The molecule has 1 N–H and O–H groups in total. The summed E-state index contributed by atoms with van der Waals surface area (Å²) in [6.07, 6.45) is 8.00. The molecule has 5 heteroatoms. The number of hydrogen-bond donors (Lipinski definition) is 1. The molecule has 0 aromatic heterocycles. The number of hydrogen-bond acceptors (Lipinski definition) is 3. The topological polar surface area (TPSA) is 47.6 Å². The lowest BCUT2D eigenvalue weighted by Crippen LogP contribution is -2.29. The highest BCUT2D eigenvalue weighted by Crippen LogP contribution is 2.30. The van der Waals surface area contributed by atoms with Crippen LogP contribution in [0.3, 0.4) is 0 Å². The largest absolute Gasteiger partial charge is 0.542 e. The first-order valence-corrected chi connectivity index (χ1v) is 12.9. The number of methoxy groups -OCH3 is 1. The summed E-state index contributed by atoms with van der Waals surface area (Å²) in [5.41, 5.74) is 1.01. The van der Waals surface area contributed by atoms with E-state index in [2.05, 4.69) is 51.0 Å². The lowest BCUT2D eigenvalue weighted by molar-refractivity contribution is -0.121. The molecule has 26 heavy (non-hydrogen) atoms. The van der Waals surface area contributed by atoms with Crippen molar-refractivity contribution in [2.24, 2.45) is 5.92 Å². The van der Waals surface area contributed by atoms with Crippen molar-refractivity contribution in [3.8, 4) is 11.5 Å². The average molecular weight is 378 g/mol. The van der Waals surface area contributed by atoms with Gasteiger partial charge in [0.2, 0.25) is 14.2 Å². The predicted molar refractivity (Wildman–Crippen MR) is 111 cm³/mol. The SMILES string of the molecule is COc1cc(CNC(=O)CCCC/C=C/C(C)C)ccc1O[Si](C)(C)C. The molecule has 0 atom stereocenters. The Morgan fingerprint density at radius 1 is 1.19 bits per heavy atom. The van der Waals surface area contributed by atoms with E-state index in [0.717, 1.165) is 36.3 Å². The monoisotopic (exact) mass is 377 g/mol. The highest BCUT2D eigenvalue weighted by Gasteiger charge is 2.18. The molecule has 146 valence electrons.